The molecule has 0 aliphatic heterocycles. The highest BCUT2D eigenvalue weighted by Gasteiger charge is 2.12. The number of hydrogen-bond donors (Lipinski definition) is 0. The van der Waals surface area contributed by atoms with Crippen molar-refractivity contribution in [2.24, 2.45) is 0 Å². The SMILES string of the molecule is CCCCCC(Br)c1cc(Br)c(C)cc1Br. The van der Waals surface area contributed by atoms with Gasteiger partial charge in [0, 0.05) is 13.8 Å². The maximum atomic E-state index is 3.77. The van der Waals surface area contributed by atoms with Gasteiger partial charge in [-0.3, -0.25) is 0 Å². The summed E-state index contributed by atoms with van der Waals surface area (Å²) in [4.78, 5) is 0.449. The molecule has 1 unspecified atom stereocenters. The lowest BCUT2D eigenvalue weighted by Gasteiger charge is -2.13. The van der Waals surface area contributed by atoms with Crippen molar-refractivity contribution in [1.29, 1.82) is 0 Å². The molecule has 0 aromatic heterocycles. The van der Waals surface area contributed by atoms with Crippen molar-refractivity contribution in [3.05, 3.63) is 32.2 Å². The highest BCUT2D eigenvalue weighted by atomic mass is 79.9. The van der Waals surface area contributed by atoms with E-state index in [4.69, 9.17) is 0 Å². The van der Waals surface area contributed by atoms with E-state index in [1.807, 2.05) is 0 Å². The fourth-order valence-corrected chi connectivity index (χ4v) is 3.74. The molecule has 0 spiro atoms. The lowest BCUT2D eigenvalue weighted by Crippen LogP contribution is -1.93. The van der Waals surface area contributed by atoms with Crippen molar-refractivity contribution in [3.63, 3.8) is 0 Å². The van der Waals surface area contributed by atoms with Crippen molar-refractivity contribution in [1.82, 2.24) is 0 Å². The molecule has 1 aromatic carbocycles. The first-order valence-corrected chi connectivity index (χ1v) is 8.16. The van der Waals surface area contributed by atoms with Gasteiger partial charge < -0.3 is 0 Å². The summed E-state index contributed by atoms with van der Waals surface area (Å²) in [5.74, 6) is 0. The Morgan fingerprint density at radius 2 is 1.81 bits per heavy atom. The van der Waals surface area contributed by atoms with E-state index < -0.39 is 0 Å². The van der Waals surface area contributed by atoms with E-state index >= 15 is 0 Å². The number of alkyl halides is 1. The van der Waals surface area contributed by atoms with E-state index in [9.17, 15) is 0 Å². The molecule has 16 heavy (non-hydrogen) atoms. The molecule has 0 saturated heterocycles. The highest BCUT2D eigenvalue weighted by Crippen LogP contribution is 2.36. The summed E-state index contributed by atoms with van der Waals surface area (Å²) in [6.45, 7) is 4.35. The molecule has 0 heterocycles. The molecule has 0 fully saturated rings. The number of unbranched alkanes of at least 4 members (excludes halogenated alkanes) is 2. The summed E-state index contributed by atoms with van der Waals surface area (Å²) in [5, 5.41) is 0. The first-order valence-electron chi connectivity index (χ1n) is 5.65. The second-order valence-corrected chi connectivity index (χ2v) is 6.90. The first-order chi connectivity index (χ1) is 7.56. The van der Waals surface area contributed by atoms with Gasteiger partial charge in [-0.15, -0.1) is 0 Å². The summed E-state index contributed by atoms with van der Waals surface area (Å²) in [7, 11) is 0. The van der Waals surface area contributed by atoms with Crippen LogP contribution in [-0.2, 0) is 0 Å². The van der Waals surface area contributed by atoms with Crippen molar-refractivity contribution in [3.8, 4) is 0 Å². The fourth-order valence-electron chi connectivity index (χ4n) is 1.63. The van der Waals surface area contributed by atoms with Crippen LogP contribution in [0, 0.1) is 6.92 Å². The van der Waals surface area contributed by atoms with Crippen LogP contribution in [0.5, 0.6) is 0 Å². The predicted octanol–water partition coefficient (Wildman–Crippen LogP) is 6.54. The van der Waals surface area contributed by atoms with E-state index in [0.29, 0.717) is 4.83 Å². The van der Waals surface area contributed by atoms with Gasteiger partial charge in [0.05, 0.1) is 0 Å². The van der Waals surface area contributed by atoms with Crippen LogP contribution in [0.4, 0.5) is 0 Å². The standard InChI is InChI=1S/C13H17Br3/c1-3-4-5-6-11(14)10-8-12(15)9(2)7-13(10)16/h7-8,11H,3-6H2,1-2H3. The van der Waals surface area contributed by atoms with Crippen LogP contribution in [-0.4, -0.2) is 0 Å². The first kappa shape index (κ1) is 14.7. The van der Waals surface area contributed by atoms with Crippen LogP contribution < -0.4 is 0 Å². The zero-order chi connectivity index (χ0) is 12.1. The number of benzene rings is 1. The van der Waals surface area contributed by atoms with Crippen molar-refractivity contribution in [2.45, 2.75) is 44.4 Å². The zero-order valence-corrected chi connectivity index (χ0v) is 14.5. The predicted molar refractivity (Wildman–Crippen MR) is 82.4 cm³/mol. The molecule has 0 aliphatic carbocycles. The molecule has 3 heteroatoms. The van der Waals surface area contributed by atoms with Gasteiger partial charge in [-0.05, 0) is 36.6 Å². The topological polar surface area (TPSA) is 0 Å². The Hall–Kier alpha value is 0.660. The quantitative estimate of drug-likeness (QED) is 0.380. The maximum absolute atomic E-state index is 3.77. The van der Waals surface area contributed by atoms with E-state index in [2.05, 4.69) is 73.8 Å². The molecule has 1 aromatic rings. The smallest absolute Gasteiger partial charge is 0.0406 e. The summed E-state index contributed by atoms with van der Waals surface area (Å²) >= 11 is 11.0. The van der Waals surface area contributed by atoms with E-state index in [-0.39, 0.29) is 0 Å². The Bertz CT molecular complexity index is 347. The van der Waals surface area contributed by atoms with Crippen LogP contribution in [0.15, 0.2) is 21.1 Å². The fraction of sp³-hybridized carbons (Fsp3) is 0.538. The minimum Gasteiger partial charge on any atom is -0.0838 e. The maximum Gasteiger partial charge on any atom is 0.0406 e. The second kappa shape index (κ2) is 7.17. The average Bonchev–Trinajstić information content (AvgIpc) is 2.23. The molecule has 0 amide bonds. The lowest BCUT2D eigenvalue weighted by atomic mass is 10.0. The molecule has 0 saturated carbocycles. The number of aryl methyl sites for hydroxylation is 1. The van der Waals surface area contributed by atoms with Gasteiger partial charge in [-0.2, -0.15) is 0 Å². The average molecular weight is 413 g/mol. The van der Waals surface area contributed by atoms with Crippen LogP contribution >= 0.6 is 47.8 Å². The minimum atomic E-state index is 0.449. The summed E-state index contributed by atoms with van der Waals surface area (Å²) < 4.78 is 2.39. The Morgan fingerprint density at radius 1 is 1.12 bits per heavy atom. The Kier molecular flexibility index (Phi) is 6.60. The summed E-state index contributed by atoms with van der Waals surface area (Å²) in [5.41, 5.74) is 2.61. The van der Waals surface area contributed by atoms with Crippen LogP contribution in [0.1, 0.15) is 48.6 Å². The molecule has 0 aliphatic rings. The van der Waals surface area contributed by atoms with Crippen LogP contribution in [0.3, 0.4) is 0 Å². The Morgan fingerprint density at radius 3 is 2.44 bits per heavy atom. The molecular formula is C13H17Br3. The second-order valence-electron chi connectivity index (χ2n) is 4.09. The van der Waals surface area contributed by atoms with Crippen LogP contribution in [0.2, 0.25) is 0 Å². The molecule has 1 atom stereocenters. The van der Waals surface area contributed by atoms with Gasteiger partial charge in [0.25, 0.3) is 0 Å². The number of hydrogen-bond acceptors (Lipinski definition) is 0. The lowest BCUT2D eigenvalue weighted by molar-refractivity contribution is 0.663. The summed E-state index contributed by atoms with van der Waals surface area (Å²) in [6.07, 6.45) is 5.07. The summed E-state index contributed by atoms with van der Waals surface area (Å²) in [6, 6.07) is 4.39. The van der Waals surface area contributed by atoms with Gasteiger partial charge >= 0.3 is 0 Å². The van der Waals surface area contributed by atoms with Crippen LogP contribution in [0.25, 0.3) is 0 Å². The molecule has 0 radical (unpaired) electrons. The molecule has 90 valence electrons. The normalized spacial score (nSPS) is 12.8. The van der Waals surface area contributed by atoms with Crippen molar-refractivity contribution in [2.75, 3.05) is 0 Å². The van der Waals surface area contributed by atoms with Gasteiger partial charge in [-0.1, -0.05) is 74.0 Å². The van der Waals surface area contributed by atoms with E-state index in [1.165, 1.54) is 45.8 Å². The zero-order valence-electron chi connectivity index (χ0n) is 9.69. The Balaban J connectivity index is 2.75. The molecule has 0 bridgehead atoms. The molecule has 0 N–H and O–H groups in total. The van der Waals surface area contributed by atoms with Gasteiger partial charge in [0.15, 0.2) is 0 Å². The number of halogens is 3. The largest absolute Gasteiger partial charge is 0.0838 e. The van der Waals surface area contributed by atoms with E-state index in [0.717, 1.165) is 0 Å². The minimum absolute atomic E-state index is 0.449. The molecule has 0 nitrogen and oxygen atoms in total. The third kappa shape index (κ3) is 4.15. The van der Waals surface area contributed by atoms with E-state index in [1.54, 1.807) is 0 Å². The van der Waals surface area contributed by atoms with Crippen molar-refractivity contribution < 1.29 is 0 Å². The molecule has 1 rings (SSSR count). The number of rotatable bonds is 5. The van der Waals surface area contributed by atoms with Gasteiger partial charge in [0.2, 0.25) is 0 Å². The Labute approximate surface area is 124 Å². The monoisotopic (exact) mass is 410 g/mol. The van der Waals surface area contributed by atoms with Gasteiger partial charge in [0.1, 0.15) is 0 Å². The third-order valence-corrected chi connectivity index (χ3v) is 5.17. The van der Waals surface area contributed by atoms with Crippen molar-refractivity contribution >= 4 is 47.8 Å². The third-order valence-electron chi connectivity index (χ3n) is 2.68. The molecular weight excluding hydrogens is 396 g/mol. The highest BCUT2D eigenvalue weighted by molar-refractivity contribution is 9.11. The van der Waals surface area contributed by atoms with Gasteiger partial charge in [-0.25, -0.2) is 0 Å².